The Morgan fingerprint density at radius 1 is 0.158 bits per heavy atom. The predicted molar refractivity (Wildman–Crippen MR) is 477 cm³/mol. The van der Waals surface area contributed by atoms with Gasteiger partial charge in [0.25, 0.3) is 0 Å². The molecule has 2 aliphatic heterocycles. The fourth-order valence-corrected chi connectivity index (χ4v) is 20.6. The molecule has 0 fully saturated rings. The second kappa shape index (κ2) is 26.4. The summed E-state index contributed by atoms with van der Waals surface area (Å²) in [5, 5.41) is 0. The number of ether oxygens (including phenoxy) is 2. The lowest BCUT2D eigenvalue weighted by Crippen LogP contribution is -2.32. The van der Waals surface area contributed by atoms with Gasteiger partial charge in [-0.2, -0.15) is 0 Å². The van der Waals surface area contributed by atoms with E-state index in [0.29, 0.717) is 34.9 Å². The lowest BCUT2D eigenvalue weighted by molar-refractivity contribution is 0.436. The molecule has 8 heteroatoms. The molecule has 0 radical (unpaired) electrons. The van der Waals surface area contributed by atoms with Crippen LogP contribution in [0.3, 0.4) is 0 Å². The van der Waals surface area contributed by atoms with Crippen LogP contribution < -0.4 is 9.47 Å². The van der Waals surface area contributed by atoms with E-state index in [2.05, 4.69) is 364 Å². The molecule has 2 unspecified atom stereocenters. The molecule has 120 heavy (non-hydrogen) atoms. The molecule has 17 aromatic carbocycles. The molecule has 0 amide bonds. The second-order valence-corrected chi connectivity index (χ2v) is 32.1. The molecule has 19 aromatic rings. The summed E-state index contributed by atoms with van der Waals surface area (Å²) in [4.78, 5) is 31.2. The Kier molecular flexibility index (Phi) is 14.9. The molecule has 0 saturated carbocycles. The first kappa shape index (κ1) is 67.7. The zero-order valence-corrected chi connectivity index (χ0v) is 64.8. The normalized spacial score (nSPS) is 14.8. The molecular formula is C112H68N6O2. The molecule has 0 saturated heterocycles. The Labute approximate surface area is 693 Å². The molecule has 8 nitrogen and oxygen atoms in total. The van der Waals surface area contributed by atoms with Gasteiger partial charge in [-0.15, -0.1) is 0 Å². The lowest BCUT2D eigenvalue weighted by atomic mass is 9.60. The third-order valence-corrected chi connectivity index (χ3v) is 26.0. The van der Waals surface area contributed by atoms with Gasteiger partial charge in [0.05, 0.1) is 10.8 Å². The van der Waals surface area contributed by atoms with Gasteiger partial charge >= 0.3 is 0 Å². The van der Waals surface area contributed by atoms with Gasteiger partial charge in [0.1, 0.15) is 23.0 Å². The molecule has 7 aliphatic rings. The molecule has 5 aliphatic carbocycles. The largest absolute Gasteiger partial charge is 0.457 e. The molecule has 26 rings (SSSR count). The molecular weight excluding hydrogens is 1460 g/mol. The first-order chi connectivity index (χ1) is 59.4. The van der Waals surface area contributed by atoms with Crippen LogP contribution in [0.25, 0.3) is 135 Å². The van der Waals surface area contributed by atoms with Crippen molar-refractivity contribution in [2.75, 3.05) is 0 Å². The first-order valence-electron chi connectivity index (χ1n) is 41.1. The smallest absolute Gasteiger partial charge is 0.164 e. The summed E-state index contributed by atoms with van der Waals surface area (Å²) in [7, 11) is 0. The summed E-state index contributed by atoms with van der Waals surface area (Å²) in [5.74, 6) is 7.25. The zero-order valence-electron chi connectivity index (χ0n) is 64.8. The van der Waals surface area contributed by atoms with Crippen molar-refractivity contribution in [3.63, 3.8) is 0 Å². The van der Waals surface area contributed by atoms with Gasteiger partial charge in [-0.05, 0) is 171 Å². The third-order valence-electron chi connectivity index (χ3n) is 26.0. The topological polar surface area (TPSA) is 95.8 Å². The van der Waals surface area contributed by atoms with Gasteiger partial charge in [-0.25, -0.2) is 29.9 Å². The summed E-state index contributed by atoms with van der Waals surface area (Å²) in [6.07, 6.45) is 0. The van der Waals surface area contributed by atoms with Crippen molar-refractivity contribution < 1.29 is 9.47 Å². The molecule has 558 valence electrons. The van der Waals surface area contributed by atoms with Crippen LogP contribution in [-0.4, -0.2) is 29.9 Å². The summed E-state index contributed by atoms with van der Waals surface area (Å²) in [6, 6.07) is 144. The minimum atomic E-state index is -0.558. The van der Waals surface area contributed by atoms with Crippen molar-refractivity contribution in [2.24, 2.45) is 0 Å². The Morgan fingerprint density at radius 3 is 0.708 bits per heavy atom. The fourth-order valence-electron chi connectivity index (χ4n) is 20.6. The van der Waals surface area contributed by atoms with Crippen molar-refractivity contribution >= 4 is 0 Å². The maximum absolute atomic E-state index is 6.78. The summed E-state index contributed by atoms with van der Waals surface area (Å²) in [6.45, 7) is 0. The number of aromatic nitrogens is 6. The van der Waals surface area contributed by atoms with Crippen molar-refractivity contribution in [3.05, 3.63) is 478 Å². The summed E-state index contributed by atoms with van der Waals surface area (Å²) in [5.41, 5.74) is 35.9. The zero-order chi connectivity index (χ0) is 78.7. The van der Waals surface area contributed by atoms with E-state index >= 15 is 0 Å². The highest BCUT2D eigenvalue weighted by atomic mass is 16.5. The number of hydrogen-bond acceptors (Lipinski definition) is 8. The monoisotopic (exact) mass is 1530 g/mol. The highest BCUT2D eigenvalue weighted by Crippen LogP contribution is 2.65. The first-order valence-corrected chi connectivity index (χ1v) is 41.1. The summed E-state index contributed by atoms with van der Waals surface area (Å²) < 4.78 is 13.6. The predicted octanol–water partition coefficient (Wildman–Crippen LogP) is 26.7. The maximum atomic E-state index is 6.78. The van der Waals surface area contributed by atoms with E-state index < -0.39 is 10.8 Å². The minimum Gasteiger partial charge on any atom is -0.457 e. The van der Waals surface area contributed by atoms with Gasteiger partial charge in [-0.1, -0.05) is 352 Å². The minimum absolute atomic E-state index is 0.0688. The SMILES string of the molecule is c1ccc(-c2nc(-c3ccc(-c4ccc5c(c4)C4c6ccccc6C5c5cc(-c6ccc(-c7nc(-c8ccccc8)nc(-c8ccc(-c9ccc%10c(c9)C9(c%11ccccc%11O%10)c%10ccccc%10-c%10ccccc%109)cc8)n7)cc6)ccc54)cc3)nc(-c3ccc(-c4ccc5c(c4)C4(c6ccccc6O5)c5ccccc5-c5ccccc54)cc3)n2)cc1. The van der Waals surface area contributed by atoms with Crippen LogP contribution >= 0.6 is 0 Å². The standard InChI is InChI=1S/C112H68N6O2/c1-3-21-71(22-4-1)105-113-107(117-109(115-105)75-51-43-69(44-52-75)79-57-61-101-97(65-79)111(95-35-17-19-37-99(95)119-101)91-31-13-9-25-81(91)82-26-10-14-32-92(82)111)73-47-39-67(40-48-73)77-55-59-87-89(63-77)103-85-29-7-8-30-86(85)104(87)90-64-78(56-60-88(90)103)68-41-49-74(50-42-68)108-114-106(72-23-5-2-6-24-72)116-110(118-108)76-53-45-70(46-54-76)80-58-62-102-98(66-80)112(96-36-18-20-38-100(96)120-102)93-33-15-11-27-83(93)84-28-12-16-34-94(84)112/h1-66,103-104H. The maximum Gasteiger partial charge on any atom is 0.164 e. The van der Waals surface area contributed by atoms with E-state index in [1.165, 1.54) is 77.9 Å². The molecule has 2 aromatic heterocycles. The van der Waals surface area contributed by atoms with Crippen LogP contribution in [0.4, 0.5) is 0 Å². The Bertz CT molecular complexity index is 6930. The highest BCUT2D eigenvalue weighted by molar-refractivity contribution is 5.92. The number of hydrogen-bond donors (Lipinski definition) is 0. The summed E-state index contributed by atoms with van der Waals surface area (Å²) >= 11 is 0. The molecule has 2 spiro atoms. The van der Waals surface area contributed by atoms with E-state index in [0.717, 1.165) is 123 Å². The van der Waals surface area contributed by atoms with Gasteiger partial charge in [-0.3, -0.25) is 0 Å². The molecule has 2 atom stereocenters. The van der Waals surface area contributed by atoms with Crippen LogP contribution in [0.1, 0.15) is 89.7 Å². The van der Waals surface area contributed by atoms with Gasteiger partial charge in [0.2, 0.25) is 0 Å². The number of rotatable bonds is 10. The van der Waals surface area contributed by atoms with Crippen LogP contribution in [0, 0.1) is 0 Å². The van der Waals surface area contributed by atoms with Crippen LogP contribution in [0.2, 0.25) is 0 Å². The molecule has 2 bridgehead atoms. The van der Waals surface area contributed by atoms with Crippen LogP contribution in [0.15, 0.2) is 400 Å². The Hall–Kier alpha value is -15.6. The van der Waals surface area contributed by atoms with Crippen molar-refractivity contribution in [2.45, 2.75) is 22.7 Å². The van der Waals surface area contributed by atoms with E-state index in [9.17, 15) is 0 Å². The lowest BCUT2D eigenvalue weighted by Gasteiger charge is -2.42. The van der Waals surface area contributed by atoms with E-state index in [1.807, 2.05) is 36.4 Å². The average Bonchev–Trinajstić information content (AvgIpc) is 1.50. The van der Waals surface area contributed by atoms with Gasteiger partial charge in [0, 0.05) is 67.5 Å². The van der Waals surface area contributed by atoms with Crippen molar-refractivity contribution in [1.29, 1.82) is 0 Å². The average molecular weight is 1530 g/mol. The quantitative estimate of drug-likeness (QED) is 0.134. The van der Waals surface area contributed by atoms with Crippen LogP contribution in [0.5, 0.6) is 23.0 Å². The van der Waals surface area contributed by atoms with Crippen LogP contribution in [-0.2, 0) is 10.8 Å². The Balaban J connectivity index is 0.499. The molecule has 0 N–H and O–H groups in total. The third kappa shape index (κ3) is 10.2. The number of benzene rings is 17. The number of fused-ring (bicyclic) bond motifs is 18. The van der Waals surface area contributed by atoms with E-state index in [1.54, 1.807) is 0 Å². The van der Waals surface area contributed by atoms with Gasteiger partial charge < -0.3 is 9.47 Å². The van der Waals surface area contributed by atoms with E-state index in [4.69, 9.17) is 39.4 Å². The van der Waals surface area contributed by atoms with Crippen molar-refractivity contribution in [1.82, 2.24) is 29.9 Å². The number of nitrogens with zero attached hydrogens (tertiary/aromatic N) is 6. The number of para-hydroxylation sites is 2. The van der Waals surface area contributed by atoms with Crippen molar-refractivity contribution in [3.8, 4) is 158 Å². The second-order valence-electron chi connectivity index (χ2n) is 32.1. The molecule has 4 heterocycles. The highest BCUT2D eigenvalue weighted by Gasteiger charge is 2.53. The Morgan fingerprint density at radius 2 is 0.383 bits per heavy atom. The van der Waals surface area contributed by atoms with E-state index in [-0.39, 0.29) is 11.8 Å². The van der Waals surface area contributed by atoms with Gasteiger partial charge in [0.15, 0.2) is 34.9 Å². The fraction of sp³-hybridized carbons (Fsp3) is 0.0357.